The van der Waals surface area contributed by atoms with Crippen molar-refractivity contribution in [1.29, 1.82) is 0 Å². The van der Waals surface area contributed by atoms with Crippen LogP contribution in [0.4, 0.5) is 0 Å². The van der Waals surface area contributed by atoms with Gasteiger partial charge in [0.1, 0.15) is 24.4 Å². The summed E-state index contributed by atoms with van der Waals surface area (Å²) in [6.07, 6.45) is -5.91. The maximum atomic E-state index is 10.9. The Labute approximate surface area is 190 Å². The first-order valence-corrected chi connectivity index (χ1v) is 10.5. The summed E-state index contributed by atoms with van der Waals surface area (Å²) in [7, 11) is 4.35. The fourth-order valence-electron chi connectivity index (χ4n) is 4.44. The molecule has 2 aromatic carbocycles. The average Bonchev–Trinajstić information content (AvgIpc) is 2.83. The van der Waals surface area contributed by atoms with Gasteiger partial charge >= 0.3 is 0 Å². The van der Waals surface area contributed by atoms with Gasteiger partial charge in [-0.15, -0.1) is 0 Å². The van der Waals surface area contributed by atoms with Crippen LogP contribution in [-0.4, -0.2) is 84.2 Å². The van der Waals surface area contributed by atoms with E-state index >= 15 is 0 Å². The van der Waals surface area contributed by atoms with Crippen LogP contribution in [0.2, 0.25) is 0 Å². The number of hydrogen-bond acceptors (Lipinski definition) is 10. The Hall–Kier alpha value is -2.76. The van der Waals surface area contributed by atoms with Crippen molar-refractivity contribution in [2.75, 3.05) is 27.9 Å². The summed E-state index contributed by atoms with van der Waals surface area (Å²) in [6, 6.07) is 5.29. The smallest absolute Gasteiger partial charge is 0.229 e. The molecule has 5 atom stereocenters. The Morgan fingerprint density at radius 2 is 1.55 bits per heavy atom. The van der Waals surface area contributed by atoms with Gasteiger partial charge in [-0.2, -0.15) is 0 Å². The highest BCUT2D eigenvalue weighted by Gasteiger charge is 2.45. The number of hydrogen-bond donors (Lipinski definition) is 5. The highest BCUT2D eigenvalue weighted by atomic mass is 16.7. The van der Waals surface area contributed by atoms with Crippen molar-refractivity contribution in [3.8, 4) is 39.9 Å². The number of ether oxygens (including phenoxy) is 5. The normalized spacial score (nSPS) is 26.2. The van der Waals surface area contributed by atoms with Crippen molar-refractivity contribution in [2.45, 2.75) is 43.5 Å². The Bertz CT molecular complexity index is 1020. The molecule has 33 heavy (non-hydrogen) atoms. The summed E-state index contributed by atoms with van der Waals surface area (Å²) in [5, 5.41) is 50.8. The molecular formula is C23H28O10. The van der Waals surface area contributed by atoms with Gasteiger partial charge < -0.3 is 49.2 Å². The van der Waals surface area contributed by atoms with E-state index in [1.165, 1.54) is 21.3 Å². The maximum Gasteiger partial charge on any atom is 0.229 e. The lowest BCUT2D eigenvalue weighted by Crippen LogP contribution is -2.60. The molecule has 0 aromatic heterocycles. The fourth-order valence-corrected chi connectivity index (χ4v) is 4.44. The molecule has 10 heteroatoms. The van der Waals surface area contributed by atoms with Gasteiger partial charge in [0.05, 0.1) is 27.9 Å². The molecule has 4 rings (SSSR count). The van der Waals surface area contributed by atoms with Crippen molar-refractivity contribution >= 4 is 0 Å². The Kier molecular flexibility index (Phi) is 6.55. The lowest BCUT2D eigenvalue weighted by Gasteiger charge is -2.39. The number of aliphatic hydroxyl groups is 4. The van der Waals surface area contributed by atoms with Gasteiger partial charge in [0.15, 0.2) is 23.0 Å². The lowest BCUT2D eigenvalue weighted by molar-refractivity contribution is -0.277. The standard InChI is InChI=1S/C23H28O10/c1-29-12-7-6-10-4-5-11-8-13(21(30-2)22(31-3)16(11)15(10)17(12)25)32-23-20(28)19(27)18(26)14(9-24)33-23/h6-8,14,18-20,23-28H,4-5,9H2,1-3H3/t14-,18-,19+,20-,23-/m1/s1. The summed E-state index contributed by atoms with van der Waals surface area (Å²) >= 11 is 0. The molecule has 1 heterocycles. The first-order chi connectivity index (χ1) is 15.9. The monoisotopic (exact) mass is 464 g/mol. The second-order valence-corrected chi connectivity index (χ2v) is 7.94. The average molecular weight is 464 g/mol. The van der Waals surface area contributed by atoms with E-state index < -0.39 is 37.3 Å². The third kappa shape index (κ3) is 3.83. The highest BCUT2D eigenvalue weighted by Crippen LogP contribution is 2.54. The molecule has 0 saturated carbocycles. The fraction of sp³-hybridized carbons (Fsp3) is 0.478. The maximum absolute atomic E-state index is 10.9. The van der Waals surface area contributed by atoms with Crippen LogP contribution < -0.4 is 18.9 Å². The number of aromatic hydroxyl groups is 1. The van der Waals surface area contributed by atoms with Crippen LogP contribution in [-0.2, 0) is 17.6 Å². The predicted octanol–water partition coefficient (Wildman–Crippen LogP) is 0.362. The molecule has 180 valence electrons. The topological polar surface area (TPSA) is 147 Å². The zero-order chi connectivity index (χ0) is 23.9. The molecule has 1 aliphatic heterocycles. The summed E-state index contributed by atoms with van der Waals surface area (Å²) in [5.41, 5.74) is 2.92. The number of phenols is 1. The van der Waals surface area contributed by atoms with Gasteiger partial charge in [-0.05, 0) is 36.1 Å². The molecule has 1 aliphatic carbocycles. The Balaban J connectivity index is 1.81. The van der Waals surface area contributed by atoms with Crippen LogP contribution in [0, 0.1) is 0 Å². The minimum atomic E-state index is -1.58. The summed E-state index contributed by atoms with van der Waals surface area (Å²) in [4.78, 5) is 0. The van der Waals surface area contributed by atoms with Crippen LogP contribution in [0.3, 0.4) is 0 Å². The van der Waals surface area contributed by atoms with Gasteiger partial charge in [-0.25, -0.2) is 0 Å². The van der Waals surface area contributed by atoms with Gasteiger partial charge in [0.2, 0.25) is 12.0 Å². The summed E-state index contributed by atoms with van der Waals surface area (Å²) in [5.74, 6) is 0.966. The summed E-state index contributed by atoms with van der Waals surface area (Å²) in [6.45, 7) is -0.576. The Morgan fingerprint density at radius 1 is 0.848 bits per heavy atom. The van der Waals surface area contributed by atoms with Crippen molar-refractivity contribution < 1.29 is 49.2 Å². The molecule has 2 aromatic rings. The van der Waals surface area contributed by atoms with E-state index in [1.807, 2.05) is 6.07 Å². The molecule has 5 N–H and O–H groups in total. The third-order valence-corrected chi connectivity index (χ3v) is 6.14. The zero-order valence-electron chi connectivity index (χ0n) is 18.5. The highest BCUT2D eigenvalue weighted by molar-refractivity contribution is 5.88. The van der Waals surface area contributed by atoms with Gasteiger partial charge in [-0.3, -0.25) is 0 Å². The van der Waals surface area contributed by atoms with E-state index in [2.05, 4.69) is 0 Å². The Morgan fingerprint density at radius 3 is 2.18 bits per heavy atom. The van der Waals surface area contributed by atoms with Gasteiger partial charge in [0, 0.05) is 11.1 Å². The SMILES string of the molecule is COc1ccc2c(c1O)-c1c(cc(O[C@@H]3O[C@H](CO)[C@@H](O)[C@H](O)[C@H]3O)c(OC)c1OC)CC2. The van der Waals surface area contributed by atoms with Crippen LogP contribution in [0.15, 0.2) is 18.2 Å². The van der Waals surface area contributed by atoms with E-state index in [4.69, 9.17) is 23.7 Å². The molecule has 0 bridgehead atoms. The number of aryl methyl sites for hydroxylation is 2. The number of methoxy groups -OCH3 is 3. The number of rotatable bonds is 6. The molecule has 10 nitrogen and oxygen atoms in total. The number of benzene rings is 2. The van der Waals surface area contributed by atoms with E-state index in [1.54, 1.807) is 12.1 Å². The second-order valence-electron chi connectivity index (χ2n) is 7.94. The van der Waals surface area contributed by atoms with Gasteiger partial charge in [0.25, 0.3) is 0 Å². The minimum absolute atomic E-state index is 0.0149. The molecule has 0 spiro atoms. The van der Waals surface area contributed by atoms with E-state index in [-0.39, 0.29) is 17.2 Å². The van der Waals surface area contributed by atoms with E-state index in [0.717, 1.165) is 11.1 Å². The third-order valence-electron chi connectivity index (χ3n) is 6.14. The van der Waals surface area contributed by atoms with E-state index in [9.17, 15) is 25.5 Å². The predicted molar refractivity (Wildman–Crippen MR) is 115 cm³/mol. The minimum Gasteiger partial charge on any atom is -0.504 e. The molecule has 2 aliphatic rings. The van der Waals surface area contributed by atoms with Crippen molar-refractivity contribution in [3.05, 3.63) is 29.3 Å². The molecule has 1 saturated heterocycles. The van der Waals surface area contributed by atoms with Crippen molar-refractivity contribution in [2.24, 2.45) is 0 Å². The van der Waals surface area contributed by atoms with Crippen molar-refractivity contribution in [1.82, 2.24) is 0 Å². The number of aliphatic hydroxyl groups excluding tert-OH is 4. The molecule has 0 unspecified atom stereocenters. The quantitative estimate of drug-likeness (QED) is 0.406. The van der Waals surface area contributed by atoms with Crippen molar-refractivity contribution in [3.63, 3.8) is 0 Å². The summed E-state index contributed by atoms with van der Waals surface area (Å²) < 4.78 is 27.8. The first kappa shape index (κ1) is 23.4. The molecular weight excluding hydrogens is 436 g/mol. The second kappa shape index (κ2) is 9.24. The number of fused-ring (bicyclic) bond motifs is 3. The number of phenolic OH excluding ortho intramolecular Hbond substituents is 1. The zero-order valence-corrected chi connectivity index (χ0v) is 18.5. The van der Waals surface area contributed by atoms with Crippen LogP contribution in [0.5, 0.6) is 28.7 Å². The van der Waals surface area contributed by atoms with Gasteiger partial charge in [-0.1, -0.05) is 6.07 Å². The molecule has 0 amide bonds. The lowest BCUT2D eigenvalue weighted by atomic mass is 9.83. The van der Waals surface area contributed by atoms with E-state index in [0.29, 0.717) is 35.5 Å². The van der Waals surface area contributed by atoms with Crippen LogP contribution in [0.1, 0.15) is 11.1 Å². The van der Waals surface area contributed by atoms with Crippen LogP contribution in [0.25, 0.3) is 11.1 Å². The largest absolute Gasteiger partial charge is 0.504 e. The molecule has 0 radical (unpaired) electrons. The first-order valence-electron chi connectivity index (χ1n) is 10.5. The molecule has 1 fully saturated rings. The van der Waals surface area contributed by atoms with Crippen LogP contribution >= 0.6 is 0 Å².